The molecule has 5 nitrogen and oxygen atoms in total. The second-order valence-electron chi connectivity index (χ2n) is 15.0. The molecule has 0 aliphatic carbocycles. The first-order valence-electron chi connectivity index (χ1n) is 19.8. The van der Waals surface area contributed by atoms with E-state index in [-0.39, 0.29) is 0 Å². The predicted octanol–water partition coefficient (Wildman–Crippen LogP) is 14.1. The Kier molecular flexibility index (Phi) is 7.47. The second kappa shape index (κ2) is 13.3. The molecule has 0 fully saturated rings. The number of hydrogen-bond acceptors (Lipinski definition) is 5. The van der Waals surface area contributed by atoms with Crippen molar-refractivity contribution in [3.63, 3.8) is 0 Å². The van der Waals surface area contributed by atoms with E-state index in [0.717, 1.165) is 82.2 Å². The van der Waals surface area contributed by atoms with Gasteiger partial charge in [-0.25, -0.2) is 19.9 Å². The van der Waals surface area contributed by atoms with E-state index in [2.05, 4.69) is 158 Å². The highest BCUT2D eigenvalue weighted by Crippen LogP contribution is 2.40. The fourth-order valence-corrected chi connectivity index (χ4v) is 8.54. The van der Waals surface area contributed by atoms with Crippen molar-refractivity contribution in [1.29, 1.82) is 0 Å². The Balaban J connectivity index is 1.05. The van der Waals surface area contributed by atoms with Gasteiger partial charge in [-0.1, -0.05) is 164 Å². The maximum absolute atomic E-state index is 6.61. The summed E-state index contributed by atoms with van der Waals surface area (Å²) >= 11 is 0. The van der Waals surface area contributed by atoms with E-state index < -0.39 is 0 Å². The molecule has 59 heavy (non-hydrogen) atoms. The zero-order chi connectivity index (χ0) is 38.9. The van der Waals surface area contributed by atoms with Crippen LogP contribution in [-0.4, -0.2) is 19.9 Å². The highest BCUT2D eigenvalue weighted by molar-refractivity contribution is 6.27. The molecule has 12 aromatic rings. The SMILES string of the molecule is c1ccc(-c2nc3ccc4ccc5ccc6c(-c7nc(-c8ccc(-c9ccc%10ccccc%10c9)cc8)nc(-c8ccc9ccccc9c8)n7)cccc6c5c4c3o2)cc1. The van der Waals surface area contributed by atoms with Crippen molar-refractivity contribution in [3.8, 4) is 56.7 Å². The smallest absolute Gasteiger partial charge is 0.227 e. The molecule has 0 saturated carbocycles. The van der Waals surface area contributed by atoms with Crippen molar-refractivity contribution in [1.82, 2.24) is 19.9 Å². The summed E-state index contributed by atoms with van der Waals surface area (Å²) in [5, 5.41) is 11.2. The lowest BCUT2D eigenvalue weighted by Crippen LogP contribution is -2.00. The summed E-state index contributed by atoms with van der Waals surface area (Å²) in [5.41, 5.74) is 7.61. The van der Waals surface area contributed by atoms with Gasteiger partial charge in [0.1, 0.15) is 5.52 Å². The number of fused-ring (bicyclic) bond motifs is 9. The number of aromatic nitrogens is 4. The second-order valence-corrected chi connectivity index (χ2v) is 15.0. The van der Waals surface area contributed by atoms with Crippen LogP contribution in [0.1, 0.15) is 0 Å². The van der Waals surface area contributed by atoms with Crippen molar-refractivity contribution in [2.24, 2.45) is 0 Å². The average Bonchev–Trinajstić information content (AvgIpc) is 3.76. The van der Waals surface area contributed by atoms with Crippen molar-refractivity contribution in [3.05, 3.63) is 194 Å². The van der Waals surface area contributed by atoms with Gasteiger partial charge in [0.05, 0.1) is 0 Å². The number of nitrogens with zero attached hydrogens (tertiary/aromatic N) is 4. The number of hydrogen-bond donors (Lipinski definition) is 0. The molecule has 0 radical (unpaired) electrons. The van der Waals surface area contributed by atoms with Gasteiger partial charge < -0.3 is 4.42 Å². The molecule has 0 spiro atoms. The van der Waals surface area contributed by atoms with Crippen LogP contribution in [0.15, 0.2) is 199 Å². The molecule has 0 aliphatic heterocycles. The first kappa shape index (κ1) is 33.2. The highest BCUT2D eigenvalue weighted by Gasteiger charge is 2.19. The van der Waals surface area contributed by atoms with Gasteiger partial charge in [0, 0.05) is 33.0 Å². The average molecular weight is 753 g/mol. The van der Waals surface area contributed by atoms with Gasteiger partial charge in [-0.15, -0.1) is 0 Å². The molecule has 10 aromatic carbocycles. The molecule has 0 N–H and O–H groups in total. The monoisotopic (exact) mass is 752 g/mol. The summed E-state index contributed by atoms with van der Waals surface area (Å²) in [4.78, 5) is 20.5. The van der Waals surface area contributed by atoms with E-state index in [0.29, 0.717) is 23.4 Å². The van der Waals surface area contributed by atoms with Crippen LogP contribution < -0.4 is 0 Å². The van der Waals surface area contributed by atoms with Gasteiger partial charge >= 0.3 is 0 Å². The van der Waals surface area contributed by atoms with Gasteiger partial charge in [0.2, 0.25) is 5.89 Å². The third kappa shape index (κ3) is 5.63. The molecule has 0 amide bonds. The largest absolute Gasteiger partial charge is 0.435 e. The molecule has 274 valence electrons. The standard InChI is InChI=1S/C54H32N4O/c1-2-11-39(12-3-1)54-55-47-30-28-37-22-21-36-27-29-44-45(48(36)49(37)50(47)59-54)15-8-16-46(44)53-57-51(56-52(58-53)43-26-20-34-10-5-7-14-41(34)32-43)38-23-17-35(18-24-38)42-25-19-33-9-4-6-13-40(33)31-42/h1-32H. The summed E-state index contributed by atoms with van der Waals surface area (Å²) in [6.07, 6.45) is 0. The minimum atomic E-state index is 0.607. The third-order valence-electron chi connectivity index (χ3n) is 11.5. The van der Waals surface area contributed by atoms with Crippen LogP contribution in [-0.2, 0) is 0 Å². The maximum atomic E-state index is 6.61. The van der Waals surface area contributed by atoms with E-state index in [1.165, 1.54) is 16.2 Å². The quantitative estimate of drug-likeness (QED) is 0.164. The van der Waals surface area contributed by atoms with Crippen molar-refractivity contribution in [2.45, 2.75) is 0 Å². The van der Waals surface area contributed by atoms with Crippen molar-refractivity contribution < 1.29 is 4.42 Å². The summed E-state index contributed by atoms with van der Waals surface area (Å²) in [7, 11) is 0. The molecular weight excluding hydrogens is 721 g/mol. The molecule has 12 rings (SSSR count). The Morgan fingerprint density at radius 2 is 0.864 bits per heavy atom. The summed E-state index contributed by atoms with van der Waals surface area (Å²) in [6, 6.07) is 67.7. The number of rotatable bonds is 5. The Labute approximate surface area is 338 Å². The molecule has 2 aromatic heterocycles. The third-order valence-corrected chi connectivity index (χ3v) is 11.5. The topological polar surface area (TPSA) is 64.7 Å². The van der Waals surface area contributed by atoms with Crippen LogP contribution >= 0.6 is 0 Å². The number of oxazole rings is 1. The molecule has 0 atom stereocenters. The normalized spacial score (nSPS) is 11.7. The first-order valence-corrected chi connectivity index (χ1v) is 19.8. The van der Waals surface area contributed by atoms with E-state index >= 15 is 0 Å². The molecule has 0 saturated heterocycles. The Hall–Kier alpha value is -8.02. The van der Waals surface area contributed by atoms with Gasteiger partial charge in [-0.3, -0.25) is 0 Å². The lowest BCUT2D eigenvalue weighted by atomic mass is 9.93. The number of benzene rings is 10. The highest BCUT2D eigenvalue weighted by atomic mass is 16.3. The Morgan fingerprint density at radius 3 is 1.63 bits per heavy atom. The van der Waals surface area contributed by atoms with E-state index in [4.69, 9.17) is 24.4 Å². The van der Waals surface area contributed by atoms with Crippen LogP contribution in [0.4, 0.5) is 0 Å². The molecule has 0 bridgehead atoms. The summed E-state index contributed by atoms with van der Waals surface area (Å²) < 4.78 is 6.61. The minimum absolute atomic E-state index is 0.607. The lowest BCUT2D eigenvalue weighted by molar-refractivity contribution is 0.623. The van der Waals surface area contributed by atoms with Crippen molar-refractivity contribution >= 4 is 65.0 Å². The molecule has 0 aliphatic rings. The zero-order valence-electron chi connectivity index (χ0n) is 31.7. The fourth-order valence-electron chi connectivity index (χ4n) is 8.54. The molecule has 5 heteroatoms. The molecular formula is C54H32N4O. The van der Waals surface area contributed by atoms with Crippen LogP contribution in [0.25, 0.3) is 122 Å². The van der Waals surface area contributed by atoms with Crippen LogP contribution in [0, 0.1) is 0 Å². The maximum Gasteiger partial charge on any atom is 0.227 e. The van der Waals surface area contributed by atoms with Crippen LogP contribution in [0.2, 0.25) is 0 Å². The summed E-state index contributed by atoms with van der Waals surface area (Å²) in [5.74, 6) is 2.45. The Morgan fingerprint density at radius 1 is 0.305 bits per heavy atom. The van der Waals surface area contributed by atoms with Gasteiger partial charge in [-0.05, 0) is 84.5 Å². The van der Waals surface area contributed by atoms with E-state index in [1.807, 2.05) is 36.4 Å². The zero-order valence-corrected chi connectivity index (χ0v) is 31.7. The molecule has 0 unspecified atom stereocenters. The predicted molar refractivity (Wildman–Crippen MR) is 242 cm³/mol. The lowest BCUT2D eigenvalue weighted by Gasteiger charge is -2.13. The van der Waals surface area contributed by atoms with Gasteiger partial charge in [-0.2, -0.15) is 0 Å². The van der Waals surface area contributed by atoms with Gasteiger partial charge in [0.15, 0.2) is 23.1 Å². The van der Waals surface area contributed by atoms with Crippen LogP contribution in [0.5, 0.6) is 0 Å². The minimum Gasteiger partial charge on any atom is -0.435 e. The molecule has 2 heterocycles. The Bertz CT molecular complexity index is 3610. The summed E-state index contributed by atoms with van der Waals surface area (Å²) in [6.45, 7) is 0. The fraction of sp³-hybridized carbons (Fsp3) is 0. The van der Waals surface area contributed by atoms with E-state index in [9.17, 15) is 0 Å². The van der Waals surface area contributed by atoms with Crippen molar-refractivity contribution in [2.75, 3.05) is 0 Å². The van der Waals surface area contributed by atoms with E-state index in [1.54, 1.807) is 0 Å². The van der Waals surface area contributed by atoms with Crippen LogP contribution in [0.3, 0.4) is 0 Å². The van der Waals surface area contributed by atoms with Gasteiger partial charge in [0.25, 0.3) is 0 Å². The first-order chi connectivity index (χ1) is 29.2.